The van der Waals surface area contributed by atoms with Crippen LogP contribution in [0.3, 0.4) is 0 Å². The molecule has 0 aliphatic carbocycles. The van der Waals surface area contributed by atoms with Gasteiger partial charge in [0, 0.05) is 17.9 Å². The molecule has 0 amide bonds. The molecule has 1 atom stereocenters. The third kappa shape index (κ3) is 5.60. The van der Waals surface area contributed by atoms with Crippen molar-refractivity contribution < 1.29 is 9.36 Å². The van der Waals surface area contributed by atoms with E-state index >= 15 is 0 Å². The van der Waals surface area contributed by atoms with Crippen LogP contribution in [0.15, 0.2) is 12.1 Å². The van der Waals surface area contributed by atoms with Crippen molar-refractivity contribution in [2.75, 3.05) is 12.3 Å². The van der Waals surface area contributed by atoms with Gasteiger partial charge in [-0.2, -0.15) is 0 Å². The Morgan fingerprint density at radius 1 is 1.04 bits per heavy atom. The second kappa shape index (κ2) is 8.83. The van der Waals surface area contributed by atoms with Crippen molar-refractivity contribution in [3.8, 4) is 0 Å². The lowest BCUT2D eigenvalue weighted by molar-refractivity contribution is 0.107. The molecule has 1 aromatic rings. The molecule has 0 saturated heterocycles. The standard InChI is InChI=1S/C20H33O2P/c1-7-8-9-10-11-23(22,14-15(2)3)20(21)19-17(5)12-16(4)13-18(19)6/h12-13,15H,7-11,14H2,1-6H3. The lowest BCUT2D eigenvalue weighted by atomic mass is 10.0. The van der Waals surface area contributed by atoms with Crippen LogP contribution in [-0.2, 0) is 4.57 Å². The molecule has 0 aliphatic heterocycles. The molecule has 0 radical (unpaired) electrons. The number of rotatable bonds is 9. The Bertz CT molecular complexity index is 564. The molecule has 0 spiro atoms. The van der Waals surface area contributed by atoms with Crippen molar-refractivity contribution in [1.82, 2.24) is 0 Å². The summed E-state index contributed by atoms with van der Waals surface area (Å²) in [7, 11) is -2.84. The van der Waals surface area contributed by atoms with Crippen molar-refractivity contribution in [3.05, 3.63) is 34.4 Å². The summed E-state index contributed by atoms with van der Waals surface area (Å²) in [6.45, 7) is 12.2. The van der Waals surface area contributed by atoms with E-state index in [2.05, 4.69) is 20.8 Å². The van der Waals surface area contributed by atoms with E-state index in [1.54, 1.807) is 0 Å². The number of benzene rings is 1. The Morgan fingerprint density at radius 3 is 2.09 bits per heavy atom. The lowest BCUT2D eigenvalue weighted by Gasteiger charge is -2.21. The van der Waals surface area contributed by atoms with E-state index < -0.39 is 7.14 Å². The Kier molecular flexibility index (Phi) is 7.74. The van der Waals surface area contributed by atoms with E-state index in [0.717, 1.165) is 42.4 Å². The summed E-state index contributed by atoms with van der Waals surface area (Å²) in [5.41, 5.74) is 3.70. The molecular formula is C20H33O2P. The summed E-state index contributed by atoms with van der Waals surface area (Å²) in [5.74, 6) is 0.280. The molecule has 0 aromatic heterocycles. The zero-order chi connectivity index (χ0) is 17.6. The van der Waals surface area contributed by atoms with E-state index in [-0.39, 0.29) is 11.4 Å². The summed E-state index contributed by atoms with van der Waals surface area (Å²) >= 11 is 0. The number of hydrogen-bond donors (Lipinski definition) is 0. The van der Waals surface area contributed by atoms with Gasteiger partial charge in [-0.1, -0.05) is 57.7 Å². The van der Waals surface area contributed by atoms with Gasteiger partial charge in [-0.15, -0.1) is 0 Å². The van der Waals surface area contributed by atoms with Crippen molar-refractivity contribution in [3.63, 3.8) is 0 Å². The van der Waals surface area contributed by atoms with Crippen LogP contribution in [0.25, 0.3) is 0 Å². The first-order chi connectivity index (χ1) is 10.7. The van der Waals surface area contributed by atoms with Crippen LogP contribution in [0.1, 0.15) is 73.5 Å². The summed E-state index contributed by atoms with van der Waals surface area (Å²) in [4.78, 5) is 13.2. The van der Waals surface area contributed by atoms with Crippen LogP contribution in [0.5, 0.6) is 0 Å². The normalized spacial score (nSPS) is 14.0. The van der Waals surface area contributed by atoms with E-state index in [9.17, 15) is 9.36 Å². The largest absolute Gasteiger partial charge is 0.315 e. The second-order valence-electron chi connectivity index (χ2n) is 7.33. The van der Waals surface area contributed by atoms with Gasteiger partial charge in [-0.05, 0) is 44.2 Å². The minimum absolute atomic E-state index is 0.0855. The number of carbonyl (C=O) groups is 1. The number of unbranched alkanes of at least 4 members (excludes halogenated alkanes) is 3. The Balaban J connectivity index is 3.11. The summed E-state index contributed by atoms with van der Waals surface area (Å²) < 4.78 is 13.5. The average Bonchev–Trinajstić information content (AvgIpc) is 2.41. The summed E-state index contributed by atoms with van der Waals surface area (Å²) in [6, 6.07) is 4.05. The minimum atomic E-state index is -2.84. The number of hydrogen-bond acceptors (Lipinski definition) is 2. The lowest BCUT2D eigenvalue weighted by Crippen LogP contribution is -2.14. The highest BCUT2D eigenvalue weighted by Crippen LogP contribution is 2.52. The van der Waals surface area contributed by atoms with Crippen LogP contribution in [0, 0.1) is 26.7 Å². The zero-order valence-electron chi connectivity index (χ0n) is 15.7. The predicted octanol–water partition coefficient (Wildman–Crippen LogP) is 6.35. The van der Waals surface area contributed by atoms with Crippen molar-refractivity contribution in [1.29, 1.82) is 0 Å². The van der Waals surface area contributed by atoms with Gasteiger partial charge in [0.05, 0.1) is 0 Å². The molecule has 130 valence electrons. The maximum absolute atomic E-state index is 13.5. The molecule has 2 nitrogen and oxygen atoms in total. The Labute approximate surface area is 142 Å². The molecule has 1 rings (SSSR count). The fourth-order valence-electron chi connectivity index (χ4n) is 3.38. The first kappa shape index (κ1) is 20.2. The first-order valence-electron chi connectivity index (χ1n) is 8.92. The molecule has 3 heteroatoms. The fourth-order valence-corrected chi connectivity index (χ4v) is 6.61. The van der Waals surface area contributed by atoms with Crippen molar-refractivity contribution >= 4 is 12.7 Å². The zero-order valence-corrected chi connectivity index (χ0v) is 16.6. The molecule has 0 bridgehead atoms. The fraction of sp³-hybridized carbons (Fsp3) is 0.650. The third-order valence-corrected chi connectivity index (χ3v) is 7.62. The van der Waals surface area contributed by atoms with Gasteiger partial charge >= 0.3 is 0 Å². The molecule has 0 heterocycles. The van der Waals surface area contributed by atoms with Crippen LogP contribution in [-0.4, -0.2) is 17.8 Å². The maximum Gasteiger partial charge on any atom is 0.221 e. The number of carbonyl (C=O) groups excluding carboxylic acids is 1. The van der Waals surface area contributed by atoms with E-state index in [0.29, 0.717) is 17.9 Å². The molecule has 0 saturated carbocycles. The van der Waals surface area contributed by atoms with Crippen molar-refractivity contribution in [2.24, 2.45) is 5.92 Å². The van der Waals surface area contributed by atoms with Crippen molar-refractivity contribution in [2.45, 2.75) is 67.2 Å². The van der Waals surface area contributed by atoms with Gasteiger partial charge in [-0.25, -0.2) is 0 Å². The molecule has 0 aliphatic rings. The van der Waals surface area contributed by atoms with Crippen LogP contribution in [0.4, 0.5) is 0 Å². The first-order valence-corrected chi connectivity index (χ1v) is 11.0. The van der Waals surface area contributed by atoms with Crippen LogP contribution in [0.2, 0.25) is 0 Å². The number of aryl methyl sites for hydroxylation is 3. The third-order valence-electron chi connectivity index (χ3n) is 4.29. The van der Waals surface area contributed by atoms with E-state index in [4.69, 9.17) is 0 Å². The van der Waals surface area contributed by atoms with E-state index in [1.165, 1.54) is 0 Å². The highest BCUT2D eigenvalue weighted by molar-refractivity contribution is 7.81. The SMILES string of the molecule is CCCCCCP(=O)(CC(C)C)C(=O)c1c(C)cc(C)cc1C. The molecule has 0 N–H and O–H groups in total. The Hall–Kier alpha value is -0.880. The van der Waals surface area contributed by atoms with Gasteiger partial charge in [0.2, 0.25) is 5.52 Å². The van der Waals surface area contributed by atoms with Crippen LogP contribution >= 0.6 is 7.14 Å². The average molecular weight is 336 g/mol. The van der Waals surface area contributed by atoms with Gasteiger partial charge in [0.25, 0.3) is 0 Å². The molecular weight excluding hydrogens is 303 g/mol. The van der Waals surface area contributed by atoms with Gasteiger partial charge < -0.3 is 4.57 Å². The molecule has 1 unspecified atom stereocenters. The second-order valence-corrected chi connectivity index (χ2v) is 10.3. The van der Waals surface area contributed by atoms with Gasteiger partial charge in [0.1, 0.15) is 0 Å². The monoisotopic (exact) mass is 336 g/mol. The minimum Gasteiger partial charge on any atom is -0.315 e. The van der Waals surface area contributed by atoms with Gasteiger partial charge in [0.15, 0.2) is 7.14 Å². The summed E-state index contributed by atoms with van der Waals surface area (Å²) in [5, 5.41) is 0. The predicted molar refractivity (Wildman–Crippen MR) is 101 cm³/mol. The quantitative estimate of drug-likeness (QED) is 0.389. The molecule has 1 aromatic carbocycles. The smallest absolute Gasteiger partial charge is 0.221 e. The maximum atomic E-state index is 13.5. The highest BCUT2D eigenvalue weighted by atomic mass is 31.2. The molecule has 23 heavy (non-hydrogen) atoms. The van der Waals surface area contributed by atoms with Gasteiger partial charge in [-0.3, -0.25) is 4.79 Å². The summed E-state index contributed by atoms with van der Waals surface area (Å²) in [6.07, 6.45) is 5.36. The molecule has 0 fully saturated rings. The topological polar surface area (TPSA) is 34.1 Å². The van der Waals surface area contributed by atoms with E-state index in [1.807, 2.05) is 32.9 Å². The van der Waals surface area contributed by atoms with Crippen LogP contribution < -0.4 is 0 Å². The highest BCUT2D eigenvalue weighted by Gasteiger charge is 2.34. The Morgan fingerprint density at radius 2 is 1.61 bits per heavy atom.